The van der Waals surface area contributed by atoms with Crippen molar-refractivity contribution in [3.05, 3.63) is 24.7 Å². The molecule has 3 aromatic heterocycles. The van der Waals surface area contributed by atoms with E-state index in [2.05, 4.69) is 30.6 Å². The Morgan fingerprint density at radius 3 is 2.85 bits per heavy atom. The van der Waals surface area contributed by atoms with E-state index in [1.165, 1.54) is 10.6 Å². The fourth-order valence-corrected chi connectivity index (χ4v) is 4.84. The van der Waals surface area contributed by atoms with Gasteiger partial charge in [-0.3, -0.25) is 0 Å². The maximum atomic E-state index is 12.1. The van der Waals surface area contributed by atoms with Crippen molar-refractivity contribution in [1.29, 1.82) is 0 Å². The van der Waals surface area contributed by atoms with E-state index < -0.39 is 15.6 Å². The third kappa shape index (κ3) is 5.40. The minimum Gasteiger partial charge on any atom is -0.389 e. The molecule has 1 unspecified atom stereocenters. The van der Waals surface area contributed by atoms with E-state index in [-0.39, 0.29) is 12.6 Å². The SMILES string of the molecule is C[n+]1c(-c2cnc(NCC(C)(C)O)nc2NC2CCCN(S(C)(=O)=O)C2)cnc2[nH]ccc21. The molecule has 0 aliphatic carbocycles. The number of anilines is 2. The molecule has 0 radical (unpaired) electrons. The predicted octanol–water partition coefficient (Wildman–Crippen LogP) is 0.863. The number of nitrogens with one attached hydrogen (secondary N) is 3. The lowest BCUT2D eigenvalue weighted by Gasteiger charge is -2.32. The van der Waals surface area contributed by atoms with Gasteiger partial charge in [0.25, 0.3) is 0 Å². The zero-order chi connectivity index (χ0) is 23.8. The van der Waals surface area contributed by atoms with Gasteiger partial charge in [0, 0.05) is 44.1 Å². The van der Waals surface area contributed by atoms with Crippen molar-refractivity contribution in [2.24, 2.45) is 7.05 Å². The van der Waals surface area contributed by atoms with Crippen molar-refractivity contribution in [2.75, 3.05) is 36.5 Å². The van der Waals surface area contributed by atoms with Gasteiger partial charge in [0.1, 0.15) is 24.6 Å². The Bertz CT molecular complexity index is 1250. The molecule has 1 aliphatic rings. The summed E-state index contributed by atoms with van der Waals surface area (Å²) in [5.74, 6) is 0.952. The van der Waals surface area contributed by atoms with Gasteiger partial charge in [-0.1, -0.05) is 0 Å². The van der Waals surface area contributed by atoms with Crippen LogP contribution in [0.25, 0.3) is 22.4 Å². The average Bonchev–Trinajstić information content (AvgIpc) is 3.22. The first kappa shape index (κ1) is 23.3. The van der Waals surface area contributed by atoms with E-state index >= 15 is 0 Å². The molecule has 0 spiro atoms. The molecule has 11 nitrogen and oxygen atoms in total. The maximum absolute atomic E-state index is 12.1. The number of hydrogen-bond donors (Lipinski definition) is 4. The summed E-state index contributed by atoms with van der Waals surface area (Å²) in [6, 6.07) is 1.85. The van der Waals surface area contributed by atoms with Gasteiger partial charge in [-0.25, -0.2) is 22.7 Å². The van der Waals surface area contributed by atoms with Crippen molar-refractivity contribution in [2.45, 2.75) is 38.3 Å². The van der Waals surface area contributed by atoms with Crippen molar-refractivity contribution in [3.63, 3.8) is 0 Å². The summed E-state index contributed by atoms with van der Waals surface area (Å²) in [5.41, 5.74) is 2.35. The number of sulfonamides is 1. The molecular weight excluding hydrogens is 444 g/mol. The van der Waals surface area contributed by atoms with Gasteiger partial charge in [-0.2, -0.15) is 9.55 Å². The summed E-state index contributed by atoms with van der Waals surface area (Å²) >= 11 is 0. The van der Waals surface area contributed by atoms with Crippen molar-refractivity contribution in [1.82, 2.24) is 24.2 Å². The van der Waals surface area contributed by atoms with Gasteiger partial charge in [-0.15, -0.1) is 0 Å². The quantitative estimate of drug-likeness (QED) is 0.369. The number of rotatable bonds is 7. The molecule has 33 heavy (non-hydrogen) atoms. The van der Waals surface area contributed by atoms with Gasteiger partial charge in [0.15, 0.2) is 0 Å². The fourth-order valence-electron chi connectivity index (χ4n) is 3.93. The first-order chi connectivity index (χ1) is 15.5. The molecule has 1 saturated heterocycles. The molecule has 0 bridgehead atoms. The third-order valence-corrected chi connectivity index (χ3v) is 6.95. The molecule has 1 atom stereocenters. The second-order valence-corrected chi connectivity index (χ2v) is 11.1. The van der Waals surface area contributed by atoms with E-state index in [0.29, 0.717) is 24.9 Å². The van der Waals surface area contributed by atoms with Crippen molar-refractivity contribution >= 4 is 33.0 Å². The summed E-state index contributed by atoms with van der Waals surface area (Å²) in [4.78, 5) is 16.7. The highest BCUT2D eigenvalue weighted by molar-refractivity contribution is 7.88. The number of hydrogen-bond acceptors (Lipinski definition) is 8. The lowest BCUT2D eigenvalue weighted by molar-refractivity contribution is -0.633. The molecule has 178 valence electrons. The highest BCUT2D eigenvalue weighted by atomic mass is 32.2. The molecule has 4 rings (SSSR count). The Morgan fingerprint density at radius 2 is 2.12 bits per heavy atom. The highest BCUT2D eigenvalue weighted by Crippen LogP contribution is 2.27. The number of aryl methyl sites for hydroxylation is 1. The van der Waals surface area contributed by atoms with Crippen LogP contribution in [-0.4, -0.2) is 75.3 Å². The van der Waals surface area contributed by atoms with Crippen molar-refractivity contribution in [3.8, 4) is 11.3 Å². The van der Waals surface area contributed by atoms with E-state index in [1.54, 1.807) is 26.2 Å². The number of fused-ring (bicyclic) bond motifs is 1. The lowest BCUT2D eigenvalue weighted by Crippen LogP contribution is -2.45. The molecule has 0 aromatic carbocycles. The largest absolute Gasteiger partial charge is 0.389 e. The standard InChI is InChI=1S/C21H30N8O3S/c1-21(2,30)13-25-20-24-10-15(17-11-23-19-16(28(17)3)7-8-22-19)18(27-20)26-14-6-5-9-29(12-14)33(4,31)32/h7-8,10-11,14,30H,5-6,9,12-13H2,1-4H3,(H2,22,24,25,26,27)/p+1. The number of aromatic nitrogens is 5. The van der Waals surface area contributed by atoms with E-state index in [9.17, 15) is 13.5 Å². The molecule has 4 N–H and O–H groups in total. The van der Waals surface area contributed by atoms with E-state index in [0.717, 1.165) is 35.3 Å². The minimum absolute atomic E-state index is 0.0986. The first-order valence-corrected chi connectivity index (χ1v) is 12.7. The summed E-state index contributed by atoms with van der Waals surface area (Å²) in [6.07, 6.45) is 8.14. The summed E-state index contributed by atoms with van der Waals surface area (Å²) in [7, 11) is -1.32. The van der Waals surface area contributed by atoms with Gasteiger partial charge in [0.2, 0.25) is 32.8 Å². The van der Waals surface area contributed by atoms with E-state index in [1.807, 2.05) is 23.9 Å². The van der Waals surface area contributed by atoms with Crippen LogP contribution in [0.3, 0.4) is 0 Å². The Hall–Kier alpha value is -2.83. The fraction of sp³-hybridized carbons (Fsp3) is 0.524. The van der Waals surface area contributed by atoms with Gasteiger partial charge >= 0.3 is 0 Å². The molecular formula is C21H31N8O3S+. The van der Waals surface area contributed by atoms with Crippen LogP contribution in [0.4, 0.5) is 11.8 Å². The Kier molecular flexibility index (Phi) is 6.25. The highest BCUT2D eigenvalue weighted by Gasteiger charge is 2.28. The van der Waals surface area contributed by atoms with Crippen LogP contribution in [0, 0.1) is 0 Å². The molecule has 1 fully saturated rings. The third-order valence-electron chi connectivity index (χ3n) is 5.68. The van der Waals surface area contributed by atoms with Gasteiger partial charge < -0.3 is 20.7 Å². The van der Waals surface area contributed by atoms with Gasteiger partial charge in [0.05, 0.1) is 11.9 Å². The second-order valence-electron chi connectivity index (χ2n) is 9.14. The van der Waals surface area contributed by atoms with Crippen LogP contribution < -0.4 is 15.2 Å². The predicted molar refractivity (Wildman–Crippen MR) is 126 cm³/mol. The molecule has 0 amide bonds. The first-order valence-electron chi connectivity index (χ1n) is 10.9. The van der Waals surface area contributed by atoms with Crippen LogP contribution in [0.1, 0.15) is 26.7 Å². The normalized spacial score (nSPS) is 17.9. The average molecular weight is 476 g/mol. The molecule has 0 saturated carbocycles. The summed E-state index contributed by atoms with van der Waals surface area (Å²) in [5, 5.41) is 16.6. The monoisotopic (exact) mass is 475 g/mol. The summed E-state index contributed by atoms with van der Waals surface area (Å²) < 4.78 is 27.7. The Morgan fingerprint density at radius 1 is 1.33 bits per heavy atom. The zero-order valence-electron chi connectivity index (χ0n) is 19.3. The molecule has 4 heterocycles. The van der Waals surface area contributed by atoms with Crippen LogP contribution in [0.5, 0.6) is 0 Å². The summed E-state index contributed by atoms with van der Waals surface area (Å²) in [6.45, 7) is 4.58. The molecule has 1 aliphatic heterocycles. The van der Waals surface area contributed by atoms with Crippen LogP contribution in [0.2, 0.25) is 0 Å². The Balaban J connectivity index is 1.70. The topological polar surface area (TPSA) is 140 Å². The number of aliphatic hydroxyl groups is 1. The van der Waals surface area contributed by atoms with Crippen LogP contribution in [-0.2, 0) is 17.1 Å². The van der Waals surface area contributed by atoms with Crippen LogP contribution >= 0.6 is 0 Å². The number of piperidine rings is 1. The number of nitrogens with zero attached hydrogens (tertiary/aromatic N) is 5. The van der Waals surface area contributed by atoms with Crippen LogP contribution in [0.15, 0.2) is 24.7 Å². The molecule has 3 aromatic rings. The smallest absolute Gasteiger partial charge is 0.250 e. The zero-order valence-corrected chi connectivity index (χ0v) is 20.1. The Labute approximate surface area is 193 Å². The van der Waals surface area contributed by atoms with E-state index in [4.69, 9.17) is 0 Å². The number of H-pyrrole nitrogens is 1. The maximum Gasteiger partial charge on any atom is 0.250 e. The second kappa shape index (κ2) is 8.84. The molecule has 12 heteroatoms. The number of aromatic amines is 1. The minimum atomic E-state index is -3.27. The lowest BCUT2D eigenvalue weighted by atomic mass is 10.1. The van der Waals surface area contributed by atoms with Crippen molar-refractivity contribution < 1.29 is 18.1 Å². The van der Waals surface area contributed by atoms with Gasteiger partial charge in [-0.05, 0) is 26.7 Å².